The SMILES string of the molecule is COC(=O)c1cnc2c(c1)ncn2C(c1ccccc1)(c1ccccc1)c1ccccc1. The molecule has 0 radical (unpaired) electrons. The van der Waals surface area contributed by atoms with Gasteiger partial charge in [0.1, 0.15) is 11.1 Å². The average Bonchev–Trinajstić information content (AvgIpc) is 3.30. The summed E-state index contributed by atoms with van der Waals surface area (Å²) in [4.78, 5) is 21.3. The first-order chi connectivity index (χ1) is 15.7. The molecule has 0 atom stereocenters. The third kappa shape index (κ3) is 3.06. The zero-order valence-electron chi connectivity index (χ0n) is 17.6. The molecule has 156 valence electrons. The van der Waals surface area contributed by atoms with E-state index in [9.17, 15) is 4.79 Å². The number of carbonyl (C=O) groups excluding carboxylic acids is 1. The minimum Gasteiger partial charge on any atom is -0.465 e. The Labute approximate surface area is 186 Å². The van der Waals surface area contributed by atoms with E-state index >= 15 is 0 Å². The van der Waals surface area contributed by atoms with Gasteiger partial charge < -0.3 is 4.74 Å². The molecule has 0 bridgehead atoms. The van der Waals surface area contributed by atoms with Gasteiger partial charge in [0.25, 0.3) is 0 Å². The van der Waals surface area contributed by atoms with Crippen LogP contribution in [0.15, 0.2) is 110 Å². The van der Waals surface area contributed by atoms with Crippen molar-refractivity contribution in [2.75, 3.05) is 7.11 Å². The van der Waals surface area contributed by atoms with E-state index in [1.165, 1.54) is 13.3 Å². The summed E-state index contributed by atoms with van der Waals surface area (Å²) < 4.78 is 6.94. The molecule has 0 N–H and O–H groups in total. The molecule has 0 saturated heterocycles. The molecule has 3 aromatic carbocycles. The van der Waals surface area contributed by atoms with Crippen LogP contribution in [0.4, 0.5) is 0 Å². The Hall–Kier alpha value is -4.25. The summed E-state index contributed by atoms with van der Waals surface area (Å²) in [6, 6.07) is 32.7. The first-order valence-corrected chi connectivity index (χ1v) is 10.3. The van der Waals surface area contributed by atoms with Gasteiger partial charge in [0.2, 0.25) is 0 Å². The smallest absolute Gasteiger partial charge is 0.339 e. The average molecular weight is 419 g/mol. The molecule has 0 saturated carbocycles. The van der Waals surface area contributed by atoms with E-state index < -0.39 is 11.5 Å². The summed E-state index contributed by atoms with van der Waals surface area (Å²) >= 11 is 0. The minimum atomic E-state index is -0.710. The summed E-state index contributed by atoms with van der Waals surface area (Å²) in [5.41, 5.74) is 4.20. The molecule has 5 rings (SSSR count). The van der Waals surface area contributed by atoms with Gasteiger partial charge in [0.05, 0.1) is 19.0 Å². The van der Waals surface area contributed by atoms with Gasteiger partial charge in [0.15, 0.2) is 5.65 Å². The van der Waals surface area contributed by atoms with Crippen LogP contribution in [0.1, 0.15) is 27.0 Å². The number of carbonyl (C=O) groups is 1. The molecule has 0 unspecified atom stereocenters. The molecule has 0 aliphatic heterocycles. The third-order valence-electron chi connectivity index (χ3n) is 5.74. The monoisotopic (exact) mass is 419 g/mol. The maximum atomic E-state index is 12.0. The number of rotatable bonds is 5. The number of ether oxygens (including phenoxy) is 1. The van der Waals surface area contributed by atoms with E-state index in [2.05, 4.69) is 50.9 Å². The second-order valence-corrected chi connectivity index (χ2v) is 7.48. The van der Waals surface area contributed by atoms with Crippen LogP contribution in [0, 0.1) is 0 Å². The Balaban J connectivity index is 1.88. The summed E-state index contributed by atoms with van der Waals surface area (Å²) in [5, 5.41) is 0. The van der Waals surface area contributed by atoms with Gasteiger partial charge in [-0.25, -0.2) is 14.8 Å². The largest absolute Gasteiger partial charge is 0.465 e. The Kier molecular flexibility index (Phi) is 5.00. The van der Waals surface area contributed by atoms with Gasteiger partial charge >= 0.3 is 5.97 Å². The fraction of sp³-hybridized carbons (Fsp3) is 0.0741. The molecule has 0 spiro atoms. The lowest BCUT2D eigenvalue weighted by atomic mass is 9.76. The maximum absolute atomic E-state index is 12.0. The highest BCUT2D eigenvalue weighted by Crippen LogP contribution is 2.42. The predicted molar refractivity (Wildman–Crippen MR) is 123 cm³/mol. The summed E-state index contributed by atoms with van der Waals surface area (Å²) in [5.74, 6) is -0.436. The Morgan fingerprint density at radius 3 is 1.75 bits per heavy atom. The Morgan fingerprint density at radius 1 is 0.781 bits per heavy atom. The topological polar surface area (TPSA) is 57.0 Å². The maximum Gasteiger partial charge on any atom is 0.339 e. The Morgan fingerprint density at radius 2 is 1.28 bits per heavy atom. The van der Waals surface area contributed by atoms with Crippen molar-refractivity contribution in [2.24, 2.45) is 0 Å². The predicted octanol–water partition coefficient (Wildman–Crippen LogP) is 5.06. The van der Waals surface area contributed by atoms with E-state index in [1.54, 1.807) is 12.4 Å². The zero-order valence-corrected chi connectivity index (χ0v) is 17.6. The number of benzene rings is 3. The number of nitrogens with zero attached hydrogens (tertiary/aromatic N) is 3. The molecule has 5 aromatic rings. The van der Waals surface area contributed by atoms with Crippen molar-refractivity contribution in [3.05, 3.63) is 132 Å². The second-order valence-electron chi connectivity index (χ2n) is 7.48. The Bertz CT molecular complexity index is 1270. The molecule has 5 heteroatoms. The van der Waals surface area contributed by atoms with Crippen LogP contribution in [0.25, 0.3) is 11.2 Å². The molecule has 0 fully saturated rings. The van der Waals surface area contributed by atoms with Crippen molar-refractivity contribution in [3.63, 3.8) is 0 Å². The van der Waals surface area contributed by atoms with Gasteiger partial charge in [0, 0.05) is 6.20 Å². The van der Waals surface area contributed by atoms with Crippen LogP contribution >= 0.6 is 0 Å². The quantitative estimate of drug-likeness (QED) is 0.295. The standard InChI is InChI=1S/C27H21N3O2/c1-32-26(31)20-17-24-25(28-18-20)30(19-29-24)27(21-11-5-2-6-12-21,22-13-7-3-8-14-22)23-15-9-4-10-16-23/h2-19H,1H3. The van der Waals surface area contributed by atoms with Gasteiger partial charge in [-0.1, -0.05) is 91.0 Å². The highest BCUT2D eigenvalue weighted by molar-refractivity contribution is 5.92. The van der Waals surface area contributed by atoms with Crippen molar-refractivity contribution in [1.82, 2.24) is 14.5 Å². The zero-order chi connectivity index (χ0) is 22.0. The van der Waals surface area contributed by atoms with Crippen LogP contribution in [-0.2, 0) is 10.3 Å². The highest BCUT2D eigenvalue weighted by Gasteiger charge is 2.39. The highest BCUT2D eigenvalue weighted by atomic mass is 16.5. The lowest BCUT2D eigenvalue weighted by molar-refractivity contribution is 0.0600. The lowest BCUT2D eigenvalue weighted by Crippen LogP contribution is -2.37. The number of esters is 1. The van der Waals surface area contributed by atoms with Gasteiger partial charge in [-0.05, 0) is 22.8 Å². The molecule has 0 aliphatic carbocycles. The van der Waals surface area contributed by atoms with E-state index in [4.69, 9.17) is 4.74 Å². The van der Waals surface area contributed by atoms with Crippen molar-refractivity contribution < 1.29 is 9.53 Å². The van der Waals surface area contributed by atoms with Crippen molar-refractivity contribution in [3.8, 4) is 0 Å². The molecule has 0 aliphatic rings. The number of fused-ring (bicyclic) bond motifs is 1. The minimum absolute atomic E-state index is 0.370. The first-order valence-electron chi connectivity index (χ1n) is 10.3. The fourth-order valence-corrected chi connectivity index (χ4v) is 4.33. The first kappa shape index (κ1) is 19.7. The van der Waals surface area contributed by atoms with E-state index in [0.29, 0.717) is 16.7 Å². The second kappa shape index (κ2) is 8.12. The molecule has 2 aromatic heterocycles. The van der Waals surface area contributed by atoms with Gasteiger partial charge in [-0.3, -0.25) is 4.57 Å². The number of imidazole rings is 1. The summed E-state index contributed by atoms with van der Waals surface area (Å²) in [6.07, 6.45) is 3.34. The number of hydrogen-bond donors (Lipinski definition) is 0. The molecule has 32 heavy (non-hydrogen) atoms. The molecular formula is C27H21N3O2. The molecule has 0 amide bonds. The third-order valence-corrected chi connectivity index (χ3v) is 5.74. The van der Waals surface area contributed by atoms with E-state index in [-0.39, 0.29) is 0 Å². The van der Waals surface area contributed by atoms with Crippen LogP contribution in [0.5, 0.6) is 0 Å². The summed E-state index contributed by atoms with van der Waals surface area (Å²) in [6.45, 7) is 0. The van der Waals surface area contributed by atoms with Gasteiger partial charge in [-0.15, -0.1) is 0 Å². The number of methoxy groups -OCH3 is 1. The van der Waals surface area contributed by atoms with Crippen LogP contribution < -0.4 is 0 Å². The molecular weight excluding hydrogens is 398 g/mol. The number of aromatic nitrogens is 3. The van der Waals surface area contributed by atoms with Crippen LogP contribution in [0.2, 0.25) is 0 Å². The number of pyridine rings is 1. The van der Waals surface area contributed by atoms with Crippen LogP contribution in [-0.4, -0.2) is 27.6 Å². The molecule has 5 nitrogen and oxygen atoms in total. The van der Waals surface area contributed by atoms with E-state index in [1.807, 2.05) is 54.6 Å². The van der Waals surface area contributed by atoms with Crippen molar-refractivity contribution in [2.45, 2.75) is 5.54 Å². The van der Waals surface area contributed by atoms with Crippen LogP contribution in [0.3, 0.4) is 0 Å². The number of hydrogen-bond acceptors (Lipinski definition) is 4. The molecule has 2 heterocycles. The van der Waals surface area contributed by atoms with Crippen molar-refractivity contribution >= 4 is 17.1 Å². The van der Waals surface area contributed by atoms with Crippen molar-refractivity contribution in [1.29, 1.82) is 0 Å². The normalized spacial score (nSPS) is 11.4. The lowest BCUT2D eigenvalue weighted by Gasteiger charge is -2.37. The van der Waals surface area contributed by atoms with Gasteiger partial charge in [-0.2, -0.15) is 0 Å². The van der Waals surface area contributed by atoms with E-state index in [0.717, 1.165) is 16.7 Å². The summed E-state index contributed by atoms with van der Waals surface area (Å²) in [7, 11) is 1.36. The fourth-order valence-electron chi connectivity index (χ4n) is 4.33.